The Bertz CT molecular complexity index is 549. The molecule has 0 atom stereocenters. The predicted octanol–water partition coefficient (Wildman–Crippen LogP) is 2.11. The molecule has 0 spiro atoms. The normalized spacial score (nSPS) is 16.9. The monoisotopic (exact) mass is 218 g/mol. The maximum absolute atomic E-state index is 11.0. The molecule has 1 fully saturated rings. The zero-order valence-corrected chi connectivity index (χ0v) is 9.03. The molecule has 2 heterocycles. The fourth-order valence-corrected chi connectivity index (χ4v) is 2.29. The van der Waals surface area contributed by atoms with Crippen molar-refractivity contribution < 1.29 is 4.42 Å². The van der Waals surface area contributed by atoms with E-state index in [4.69, 9.17) is 4.42 Å². The van der Waals surface area contributed by atoms with Crippen LogP contribution in [0.5, 0.6) is 0 Å². The molecule has 4 heteroatoms. The third kappa shape index (κ3) is 1.60. The number of aromatic amines is 1. The molecule has 1 aliphatic rings. The highest BCUT2D eigenvalue weighted by molar-refractivity contribution is 5.77. The Balaban J connectivity index is 2.00. The molecule has 1 aromatic carbocycles. The average Bonchev–Trinajstić information content (AvgIpc) is 2.69. The van der Waals surface area contributed by atoms with Gasteiger partial charge >= 0.3 is 5.76 Å². The second-order valence-electron chi connectivity index (χ2n) is 4.24. The minimum atomic E-state index is -0.384. The fraction of sp³-hybridized carbons (Fsp3) is 0.417. The van der Waals surface area contributed by atoms with Crippen LogP contribution in [0.3, 0.4) is 0 Å². The summed E-state index contributed by atoms with van der Waals surface area (Å²) < 4.78 is 4.98. The number of piperidine rings is 1. The summed E-state index contributed by atoms with van der Waals surface area (Å²) in [5, 5.41) is 0. The van der Waals surface area contributed by atoms with Gasteiger partial charge in [0, 0.05) is 18.8 Å². The molecule has 16 heavy (non-hydrogen) atoms. The van der Waals surface area contributed by atoms with E-state index in [2.05, 4.69) is 9.88 Å². The molecule has 0 aliphatic carbocycles. The number of benzene rings is 1. The van der Waals surface area contributed by atoms with Gasteiger partial charge < -0.3 is 9.32 Å². The number of oxazole rings is 1. The van der Waals surface area contributed by atoms with Gasteiger partial charge in [-0.1, -0.05) is 0 Å². The number of hydrogen-bond acceptors (Lipinski definition) is 3. The lowest BCUT2D eigenvalue weighted by Gasteiger charge is -2.28. The molecule has 1 N–H and O–H groups in total. The first-order valence-electron chi connectivity index (χ1n) is 5.71. The van der Waals surface area contributed by atoms with E-state index in [1.807, 2.05) is 18.2 Å². The van der Waals surface area contributed by atoms with Gasteiger partial charge in [-0.25, -0.2) is 4.79 Å². The SMILES string of the molecule is O=c1[nH]c2cc(N3CCCCC3)ccc2o1. The van der Waals surface area contributed by atoms with Crippen LogP contribution < -0.4 is 10.7 Å². The molecular formula is C12H14N2O2. The first-order chi connectivity index (χ1) is 7.83. The lowest BCUT2D eigenvalue weighted by Crippen LogP contribution is -2.29. The minimum Gasteiger partial charge on any atom is -0.408 e. The Hall–Kier alpha value is -1.71. The van der Waals surface area contributed by atoms with Crippen molar-refractivity contribution in [3.05, 3.63) is 28.7 Å². The zero-order chi connectivity index (χ0) is 11.0. The van der Waals surface area contributed by atoms with Crippen LogP contribution in [-0.4, -0.2) is 18.1 Å². The topological polar surface area (TPSA) is 49.2 Å². The highest BCUT2D eigenvalue weighted by atomic mass is 16.4. The average molecular weight is 218 g/mol. The summed E-state index contributed by atoms with van der Waals surface area (Å²) in [4.78, 5) is 16.1. The van der Waals surface area contributed by atoms with Crippen molar-refractivity contribution in [2.45, 2.75) is 19.3 Å². The molecule has 0 radical (unpaired) electrons. The van der Waals surface area contributed by atoms with Crippen LogP contribution in [0, 0.1) is 0 Å². The molecular weight excluding hydrogens is 204 g/mol. The van der Waals surface area contributed by atoms with Gasteiger partial charge in [0.1, 0.15) is 0 Å². The molecule has 0 unspecified atom stereocenters. The van der Waals surface area contributed by atoms with E-state index < -0.39 is 0 Å². The molecule has 0 bridgehead atoms. The van der Waals surface area contributed by atoms with Crippen LogP contribution in [0.25, 0.3) is 11.1 Å². The molecule has 3 rings (SSSR count). The van der Waals surface area contributed by atoms with Crippen LogP contribution in [-0.2, 0) is 0 Å². The summed E-state index contributed by atoms with van der Waals surface area (Å²) in [7, 11) is 0. The highest BCUT2D eigenvalue weighted by Gasteiger charge is 2.12. The number of H-pyrrole nitrogens is 1. The van der Waals surface area contributed by atoms with Gasteiger partial charge in [0.25, 0.3) is 0 Å². The number of rotatable bonds is 1. The van der Waals surface area contributed by atoms with Crippen molar-refractivity contribution in [2.24, 2.45) is 0 Å². The van der Waals surface area contributed by atoms with Crippen LogP contribution in [0.15, 0.2) is 27.4 Å². The Morgan fingerprint density at radius 2 is 2.00 bits per heavy atom. The highest BCUT2D eigenvalue weighted by Crippen LogP contribution is 2.23. The van der Waals surface area contributed by atoms with Crippen molar-refractivity contribution in [3.63, 3.8) is 0 Å². The number of anilines is 1. The lowest BCUT2D eigenvalue weighted by atomic mass is 10.1. The summed E-state index contributed by atoms with van der Waals surface area (Å²) in [5.41, 5.74) is 2.59. The van der Waals surface area contributed by atoms with Crippen molar-refractivity contribution in [3.8, 4) is 0 Å². The van der Waals surface area contributed by atoms with Crippen molar-refractivity contribution in [1.29, 1.82) is 0 Å². The van der Waals surface area contributed by atoms with Crippen LogP contribution in [0.2, 0.25) is 0 Å². The Kier molecular flexibility index (Phi) is 2.20. The maximum Gasteiger partial charge on any atom is 0.417 e. The molecule has 2 aromatic rings. The molecule has 0 amide bonds. The molecule has 4 nitrogen and oxygen atoms in total. The lowest BCUT2D eigenvalue weighted by molar-refractivity contribution is 0.555. The van der Waals surface area contributed by atoms with Gasteiger partial charge in [0.15, 0.2) is 5.58 Å². The largest absolute Gasteiger partial charge is 0.417 e. The third-order valence-corrected chi connectivity index (χ3v) is 3.12. The summed E-state index contributed by atoms with van der Waals surface area (Å²) in [6.07, 6.45) is 3.82. The Morgan fingerprint density at radius 3 is 2.81 bits per heavy atom. The summed E-state index contributed by atoms with van der Waals surface area (Å²) in [6.45, 7) is 2.21. The number of nitrogens with zero attached hydrogens (tertiary/aromatic N) is 1. The Morgan fingerprint density at radius 1 is 1.19 bits per heavy atom. The molecule has 84 valence electrons. The van der Waals surface area contributed by atoms with E-state index in [0.29, 0.717) is 5.58 Å². The number of fused-ring (bicyclic) bond motifs is 1. The van der Waals surface area contributed by atoms with Gasteiger partial charge in [0.05, 0.1) is 5.52 Å². The molecule has 1 aromatic heterocycles. The number of hydrogen-bond donors (Lipinski definition) is 1. The summed E-state index contributed by atoms with van der Waals surface area (Å²) in [6, 6.07) is 5.87. The Labute approximate surface area is 92.9 Å². The standard InChI is InChI=1S/C12H14N2O2/c15-12-13-10-8-9(4-5-11(10)16-12)14-6-2-1-3-7-14/h4-5,8H,1-3,6-7H2,(H,13,15). The molecule has 0 saturated carbocycles. The van der Waals surface area contributed by atoms with Crippen molar-refractivity contribution >= 4 is 16.8 Å². The van der Waals surface area contributed by atoms with Gasteiger partial charge in [-0.3, -0.25) is 4.98 Å². The van der Waals surface area contributed by atoms with Gasteiger partial charge in [0.2, 0.25) is 0 Å². The van der Waals surface area contributed by atoms with Crippen LogP contribution in [0.1, 0.15) is 19.3 Å². The first-order valence-corrected chi connectivity index (χ1v) is 5.71. The smallest absolute Gasteiger partial charge is 0.408 e. The van der Waals surface area contributed by atoms with E-state index >= 15 is 0 Å². The fourth-order valence-electron chi connectivity index (χ4n) is 2.29. The van der Waals surface area contributed by atoms with E-state index in [1.54, 1.807) is 0 Å². The third-order valence-electron chi connectivity index (χ3n) is 3.12. The predicted molar refractivity (Wildman–Crippen MR) is 62.9 cm³/mol. The second-order valence-corrected chi connectivity index (χ2v) is 4.24. The maximum atomic E-state index is 11.0. The second kappa shape index (κ2) is 3.70. The van der Waals surface area contributed by atoms with Crippen LogP contribution >= 0.6 is 0 Å². The van der Waals surface area contributed by atoms with Gasteiger partial charge in [-0.05, 0) is 37.5 Å². The van der Waals surface area contributed by atoms with E-state index in [9.17, 15) is 4.79 Å². The number of nitrogens with one attached hydrogen (secondary N) is 1. The van der Waals surface area contributed by atoms with Crippen LogP contribution in [0.4, 0.5) is 5.69 Å². The van der Waals surface area contributed by atoms with Crippen molar-refractivity contribution in [2.75, 3.05) is 18.0 Å². The van der Waals surface area contributed by atoms with Gasteiger partial charge in [-0.2, -0.15) is 0 Å². The van der Waals surface area contributed by atoms with E-state index in [1.165, 1.54) is 24.9 Å². The van der Waals surface area contributed by atoms with Gasteiger partial charge in [-0.15, -0.1) is 0 Å². The quantitative estimate of drug-likeness (QED) is 0.797. The zero-order valence-electron chi connectivity index (χ0n) is 9.03. The minimum absolute atomic E-state index is 0.384. The summed E-state index contributed by atoms with van der Waals surface area (Å²) in [5.74, 6) is -0.384. The first kappa shape index (κ1) is 9.51. The number of aromatic nitrogens is 1. The molecule has 1 aliphatic heterocycles. The van der Waals surface area contributed by atoms with E-state index in [0.717, 1.165) is 18.6 Å². The molecule has 1 saturated heterocycles. The van der Waals surface area contributed by atoms with E-state index in [-0.39, 0.29) is 5.76 Å². The van der Waals surface area contributed by atoms with Crippen molar-refractivity contribution in [1.82, 2.24) is 4.98 Å². The summed E-state index contributed by atoms with van der Waals surface area (Å²) >= 11 is 0.